The Kier molecular flexibility index (Phi) is 20.8. The summed E-state index contributed by atoms with van der Waals surface area (Å²) >= 11 is 0. The molecule has 17 atom stereocenters. The van der Waals surface area contributed by atoms with Crippen molar-refractivity contribution in [1.29, 1.82) is 0 Å². The van der Waals surface area contributed by atoms with Gasteiger partial charge in [0.25, 0.3) is 11.7 Å². The van der Waals surface area contributed by atoms with Crippen molar-refractivity contribution in [2.24, 2.45) is 35.5 Å². The first-order valence-corrected chi connectivity index (χ1v) is 26.7. The van der Waals surface area contributed by atoms with Crippen LogP contribution in [0.25, 0.3) is 0 Å². The Labute approximate surface area is 432 Å². The summed E-state index contributed by atoms with van der Waals surface area (Å²) < 4.78 is 29.9. The number of hydrogen-bond acceptors (Lipinski definition) is 15. The molecule has 2 saturated heterocycles. The van der Waals surface area contributed by atoms with Gasteiger partial charge in [-0.05, 0) is 125 Å². The number of rotatable bonds is 7. The Balaban J connectivity index is 1.35. The maximum Gasteiger partial charge on any atom is 0.329 e. The van der Waals surface area contributed by atoms with Crippen molar-refractivity contribution in [3.05, 3.63) is 65.8 Å². The average Bonchev–Trinajstić information content (AvgIpc) is 3.38. The number of esters is 1. The lowest BCUT2D eigenvalue weighted by Gasteiger charge is -2.43. The zero-order valence-corrected chi connectivity index (χ0v) is 44.9. The van der Waals surface area contributed by atoms with E-state index in [1.165, 1.54) is 12.0 Å². The van der Waals surface area contributed by atoms with Crippen LogP contribution in [0.2, 0.25) is 0 Å². The number of carbonyl (C=O) groups is 5. The van der Waals surface area contributed by atoms with Crippen LogP contribution in [0.3, 0.4) is 0 Å². The summed E-state index contributed by atoms with van der Waals surface area (Å²) in [5, 5.41) is 36.2. The molecule has 1 aromatic rings. The van der Waals surface area contributed by atoms with Gasteiger partial charge in [0.05, 0.1) is 36.1 Å². The van der Waals surface area contributed by atoms with E-state index in [9.17, 15) is 39.3 Å². The van der Waals surface area contributed by atoms with Gasteiger partial charge in [0.15, 0.2) is 5.78 Å². The fourth-order valence-electron chi connectivity index (χ4n) is 11.8. The van der Waals surface area contributed by atoms with Gasteiger partial charge in [-0.15, -0.1) is 0 Å². The first-order valence-electron chi connectivity index (χ1n) is 26.7. The van der Waals surface area contributed by atoms with E-state index in [0.717, 1.165) is 11.3 Å². The Morgan fingerprint density at radius 1 is 0.822 bits per heavy atom. The molecule has 1 amide bonds. The molecule has 7 rings (SSSR count). The number of ether oxygens (including phenoxy) is 5. The van der Waals surface area contributed by atoms with Crippen molar-refractivity contribution in [3.8, 4) is 0 Å². The maximum absolute atomic E-state index is 14.5. The number of amides is 1. The molecular formula is C57H84N2O14. The number of benzene rings is 1. The number of carbonyl (C=O) groups excluding carboxylic acids is 5. The maximum atomic E-state index is 14.5. The second kappa shape index (κ2) is 26.1. The zero-order valence-electron chi connectivity index (χ0n) is 44.9. The number of allylic oxidation sites excluding steroid dienone is 1. The second-order valence-electron chi connectivity index (χ2n) is 21.9. The molecule has 3 N–H and O–H groups in total. The van der Waals surface area contributed by atoms with Crippen molar-refractivity contribution < 1.29 is 67.8 Å². The highest BCUT2D eigenvalue weighted by Gasteiger charge is 2.53. The molecule has 0 unspecified atom stereocenters. The number of hydroxylamine groups is 1. The van der Waals surface area contributed by atoms with Crippen molar-refractivity contribution in [2.75, 3.05) is 32.9 Å². The number of ketones is 3. The summed E-state index contributed by atoms with van der Waals surface area (Å²) in [5.74, 6) is -8.42. The molecule has 4 bridgehead atoms. The molecule has 6 aliphatic rings. The molecule has 3 fully saturated rings. The topological polar surface area (TPSA) is 208 Å². The van der Waals surface area contributed by atoms with Gasteiger partial charge in [-0.3, -0.25) is 24.0 Å². The molecule has 0 spiro atoms. The van der Waals surface area contributed by atoms with Crippen LogP contribution >= 0.6 is 0 Å². The molecule has 16 nitrogen and oxygen atoms in total. The minimum atomic E-state index is -2.47. The quantitative estimate of drug-likeness (QED) is 0.146. The lowest BCUT2D eigenvalue weighted by molar-refractivity contribution is -0.265. The number of para-hydroxylation sites is 1. The van der Waals surface area contributed by atoms with E-state index >= 15 is 0 Å². The van der Waals surface area contributed by atoms with Crippen LogP contribution < -0.4 is 5.06 Å². The van der Waals surface area contributed by atoms with E-state index in [4.69, 9.17) is 28.5 Å². The van der Waals surface area contributed by atoms with Crippen LogP contribution in [0.5, 0.6) is 0 Å². The van der Waals surface area contributed by atoms with Gasteiger partial charge in [-0.25, -0.2) is 9.86 Å². The fraction of sp³-hybridized carbons (Fsp3) is 0.702. The van der Waals surface area contributed by atoms with Crippen LogP contribution in [0, 0.1) is 35.5 Å². The first-order chi connectivity index (χ1) is 34.7. The lowest BCUT2D eigenvalue weighted by atomic mass is 9.78. The highest BCUT2D eigenvalue weighted by molar-refractivity contribution is 6.39. The van der Waals surface area contributed by atoms with Gasteiger partial charge in [0, 0.05) is 58.5 Å². The molecule has 16 heteroatoms. The number of aliphatic hydroxyl groups excluding tert-OH is 2. The highest BCUT2D eigenvalue weighted by atomic mass is 16.7. The standard InChI is InChI=1S/C57H84N2O14/c1-33-26-37(5)51(62)53(70-10)52(63)38(6)27-34(2)47(61)32-49(35(3)28-40-20-24-46(60)50(30-40)69-9)71-56(66)45-18-14-15-25-58(45)55(65)54(64)57(67)39(7)19-21-42(72-57)31-48(68-8)36(4)29-43-22-23-44(33)59(73-43)41-16-12-11-13-17-41/h11-13,16-17,22-23,27,29,33-35,37,39-40,42-46,48-50,52-53,60,63,67H,14-15,18-21,24-26,28,30-32H2,1-10H3/b36-29?,38-27+/t33-,34+,35+,37+,39+,40-,42-,43+,44-,45-,46+,48-,49-,50+,52+,53-,57+/m0/s1. The largest absolute Gasteiger partial charge is 0.460 e. The van der Waals surface area contributed by atoms with Gasteiger partial charge in [0.1, 0.15) is 36.2 Å². The van der Waals surface area contributed by atoms with Gasteiger partial charge < -0.3 is 43.9 Å². The third-order valence-corrected chi connectivity index (χ3v) is 16.5. The molecule has 5 aliphatic heterocycles. The Bertz CT molecular complexity index is 2150. The summed E-state index contributed by atoms with van der Waals surface area (Å²) in [4.78, 5) is 79.7. The van der Waals surface area contributed by atoms with E-state index in [2.05, 4.69) is 13.0 Å². The van der Waals surface area contributed by atoms with Crippen LogP contribution in [0.1, 0.15) is 126 Å². The second-order valence-corrected chi connectivity index (χ2v) is 21.9. The molecule has 406 valence electrons. The Hall–Kier alpha value is -4.13. The van der Waals surface area contributed by atoms with Crippen LogP contribution in [0.4, 0.5) is 5.69 Å². The van der Waals surface area contributed by atoms with Gasteiger partial charge in [-0.2, -0.15) is 0 Å². The zero-order chi connectivity index (χ0) is 53.3. The minimum absolute atomic E-state index is 0.0716. The molecule has 5 heterocycles. The summed E-state index contributed by atoms with van der Waals surface area (Å²) in [6, 6.07) is 8.24. The molecule has 0 radical (unpaired) electrons. The van der Waals surface area contributed by atoms with E-state index < -0.39 is 90.0 Å². The summed E-state index contributed by atoms with van der Waals surface area (Å²) in [7, 11) is 4.53. The number of fused-ring (bicyclic) bond motifs is 16. The van der Waals surface area contributed by atoms with Crippen LogP contribution in [-0.4, -0.2) is 144 Å². The van der Waals surface area contributed by atoms with E-state index in [-0.39, 0.29) is 67.3 Å². The van der Waals surface area contributed by atoms with Crippen LogP contribution in [0.15, 0.2) is 65.8 Å². The predicted octanol–water partition coefficient (Wildman–Crippen LogP) is 6.81. The number of piperidine rings is 1. The summed E-state index contributed by atoms with van der Waals surface area (Å²) in [6.07, 6.45) is 6.48. The van der Waals surface area contributed by atoms with Gasteiger partial charge >= 0.3 is 5.97 Å². The lowest BCUT2D eigenvalue weighted by Crippen LogP contribution is -2.61. The number of anilines is 1. The number of Topliss-reactive ketones (excluding diaryl/α,β-unsaturated/α-hetero) is 3. The minimum Gasteiger partial charge on any atom is -0.460 e. The normalized spacial score (nSPS) is 38.5. The van der Waals surface area contributed by atoms with Crippen molar-refractivity contribution >= 4 is 34.9 Å². The number of aliphatic hydroxyl groups is 3. The number of nitrogens with zero attached hydrogens (tertiary/aromatic N) is 2. The highest BCUT2D eigenvalue weighted by Crippen LogP contribution is 2.39. The average molecular weight is 1020 g/mol. The smallest absolute Gasteiger partial charge is 0.329 e. The van der Waals surface area contributed by atoms with E-state index in [1.54, 1.807) is 41.1 Å². The van der Waals surface area contributed by atoms with Gasteiger partial charge in [0.2, 0.25) is 5.79 Å². The third kappa shape index (κ3) is 14.0. The molecule has 1 saturated carbocycles. The SMILES string of the molecule is CO[C@H]1C[C@@H]2CC[C@@H](C)[C@@](O)(O2)C(=O)C(=O)N2CCCC[C@H]2C(=O)O[C@H]([C@H](C)C[C@@H]2CC[C@@H](O)[C@H](OC)C2)CC(=O)[C@H](C)/C=C(\C)[C@@H](O)[C@@H](OC)C(=O)[C@H](C)C[C@H](C)[C@@H]2C=C[C@H](C=C1C)ON2c1ccccc1. The summed E-state index contributed by atoms with van der Waals surface area (Å²) in [5.41, 5.74) is 2.00. The summed E-state index contributed by atoms with van der Waals surface area (Å²) in [6.45, 7) is 12.8. The number of methoxy groups -OCH3 is 3. The Morgan fingerprint density at radius 2 is 1.55 bits per heavy atom. The van der Waals surface area contributed by atoms with Crippen molar-refractivity contribution in [3.63, 3.8) is 0 Å². The molecule has 0 aromatic heterocycles. The predicted molar refractivity (Wildman–Crippen MR) is 274 cm³/mol. The first kappa shape index (κ1) is 58.1. The van der Waals surface area contributed by atoms with Crippen molar-refractivity contribution in [1.82, 2.24) is 4.90 Å². The molecule has 1 aliphatic carbocycles. The Morgan fingerprint density at radius 3 is 2.23 bits per heavy atom. The molecule has 73 heavy (non-hydrogen) atoms. The van der Waals surface area contributed by atoms with Crippen molar-refractivity contribution in [2.45, 2.75) is 192 Å². The molecular weight excluding hydrogens is 937 g/mol. The van der Waals surface area contributed by atoms with Crippen LogP contribution in [-0.2, 0) is 52.5 Å². The molecule has 1 aromatic carbocycles. The third-order valence-electron chi connectivity index (χ3n) is 16.5. The fourth-order valence-corrected chi connectivity index (χ4v) is 11.8. The monoisotopic (exact) mass is 1020 g/mol. The van der Waals surface area contributed by atoms with E-state index in [0.29, 0.717) is 63.4 Å². The van der Waals surface area contributed by atoms with E-state index in [1.807, 2.05) is 68.3 Å². The van der Waals surface area contributed by atoms with Gasteiger partial charge in [-0.1, -0.05) is 71.0 Å². The number of hydrogen-bond donors (Lipinski definition) is 3.